The second kappa shape index (κ2) is 15.3. The predicted octanol–water partition coefficient (Wildman–Crippen LogP) is 1.24. The Hall–Kier alpha value is 0.371. The monoisotopic (exact) mass is 364 g/mol. The molecule has 0 aliphatic heterocycles. The molecule has 0 aromatic carbocycles. The molecule has 0 aromatic heterocycles. The fourth-order valence-electron chi connectivity index (χ4n) is 0.411. The van der Waals surface area contributed by atoms with E-state index in [0.29, 0.717) is 0 Å². The summed E-state index contributed by atoms with van der Waals surface area (Å²) < 4.78 is 29.4. The molecule has 0 rings (SSSR count). The molecular formula is C11H36O7Si3. The summed E-state index contributed by atoms with van der Waals surface area (Å²) in [7, 11) is 4.80. The summed E-state index contributed by atoms with van der Waals surface area (Å²) in [6.07, 6.45) is 0.212. The topological polar surface area (TPSA) is 75.6 Å². The van der Waals surface area contributed by atoms with Gasteiger partial charge in [0.15, 0.2) is 0 Å². The molecule has 0 atom stereocenters. The SMILES string of the molecule is CO[SiH](C)OC.CO[Si](C)(C)CO.CO[Si](C)(OC)OC.[HH]. The molecule has 0 saturated carbocycles. The molecule has 7 nitrogen and oxygen atoms in total. The van der Waals surface area contributed by atoms with Gasteiger partial charge in [-0.3, -0.25) is 0 Å². The Morgan fingerprint density at radius 3 is 1.14 bits per heavy atom. The Labute approximate surface area is 135 Å². The molecule has 0 radical (unpaired) electrons. The van der Waals surface area contributed by atoms with Gasteiger partial charge in [-0.15, -0.1) is 0 Å². The molecule has 0 aliphatic carbocycles. The summed E-state index contributed by atoms with van der Waals surface area (Å²) in [5, 5.41) is 8.53. The summed E-state index contributed by atoms with van der Waals surface area (Å²) in [6.45, 7) is 7.73. The van der Waals surface area contributed by atoms with Crippen molar-refractivity contribution in [2.75, 3.05) is 48.9 Å². The lowest BCUT2D eigenvalue weighted by Crippen LogP contribution is -2.38. The van der Waals surface area contributed by atoms with Gasteiger partial charge in [-0.25, -0.2) is 0 Å². The first kappa shape index (κ1) is 26.3. The van der Waals surface area contributed by atoms with Crippen molar-refractivity contribution in [3.63, 3.8) is 0 Å². The lowest BCUT2D eigenvalue weighted by atomic mass is 11.7. The lowest BCUT2D eigenvalue weighted by Gasteiger charge is -2.18. The Balaban J connectivity index is -0.000000109. The largest absolute Gasteiger partial charge is 0.496 e. The van der Waals surface area contributed by atoms with E-state index in [2.05, 4.69) is 0 Å². The van der Waals surface area contributed by atoms with E-state index >= 15 is 0 Å². The van der Waals surface area contributed by atoms with Gasteiger partial charge in [0.25, 0.3) is 0 Å². The van der Waals surface area contributed by atoms with Crippen LogP contribution in [0.3, 0.4) is 0 Å². The molecule has 134 valence electrons. The highest BCUT2D eigenvalue weighted by molar-refractivity contribution is 6.70. The quantitative estimate of drug-likeness (QED) is 0.681. The normalized spacial score (nSPS) is 11.4. The van der Waals surface area contributed by atoms with Crippen LogP contribution < -0.4 is 0 Å². The first-order valence-corrected chi connectivity index (χ1v) is 13.9. The zero-order chi connectivity index (χ0) is 17.5. The van der Waals surface area contributed by atoms with E-state index in [4.69, 9.17) is 31.7 Å². The van der Waals surface area contributed by atoms with E-state index in [9.17, 15) is 0 Å². The molecule has 0 unspecified atom stereocenters. The highest BCUT2D eigenvalue weighted by Gasteiger charge is 2.29. The molecule has 0 saturated heterocycles. The molecular weight excluding hydrogens is 328 g/mol. The van der Waals surface area contributed by atoms with Crippen LogP contribution in [-0.4, -0.2) is 80.4 Å². The Morgan fingerprint density at radius 1 is 0.810 bits per heavy atom. The third kappa shape index (κ3) is 18.3. The zero-order valence-electron chi connectivity index (χ0n) is 15.2. The maximum atomic E-state index is 8.53. The van der Waals surface area contributed by atoms with Crippen LogP contribution in [0.15, 0.2) is 0 Å². The van der Waals surface area contributed by atoms with Crippen LogP contribution in [-0.2, 0) is 26.6 Å². The van der Waals surface area contributed by atoms with E-state index in [-0.39, 0.29) is 7.66 Å². The van der Waals surface area contributed by atoms with Gasteiger partial charge in [0.05, 0.1) is 6.23 Å². The number of rotatable bonds is 7. The van der Waals surface area contributed by atoms with Crippen LogP contribution in [0.25, 0.3) is 0 Å². The van der Waals surface area contributed by atoms with E-state index in [1.165, 1.54) is 0 Å². The van der Waals surface area contributed by atoms with Crippen LogP contribution in [0.5, 0.6) is 0 Å². The van der Waals surface area contributed by atoms with Gasteiger partial charge in [-0.2, -0.15) is 0 Å². The molecule has 0 spiro atoms. The molecule has 0 aliphatic rings. The van der Waals surface area contributed by atoms with Crippen molar-refractivity contribution in [2.24, 2.45) is 0 Å². The van der Waals surface area contributed by atoms with Crippen molar-refractivity contribution in [2.45, 2.75) is 26.2 Å². The van der Waals surface area contributed by atoms with E-state index in [1.54, 1.807) is 42.7 Å². The maximum Gasteiger partial charge on any atom is 0.496 e. The average molecular weight is 365 g/mol. The smallest absolute Gasteiger partial charge is 0.418 e. The molecule has 1 N–H and O–H groups in total. The minimum absolute atomic E-state index is 0. The van der Waals surface area contributed by atoms with Gasteiger partial charge in [0.1, 0.15) is 0 Å². The van der Waals surface area contributed by atoms with Gasteiger partial charge in [0.2, 0.25) is 8.32 Å². The summed E-state index contributed by atoms with van der Waals surface area (Å²) in [5.41, 5.74) is 0. The number of aliphatic hydroxyl groups is 1. The molecule has 10 heteroatoms. The van der Waals surface area contributed by atoms with Gasteiger partial charge >= 0.3 is 18.1 Å². The third-order valence-corrected chi connectivity index (χ3v) is 8.13. The predicted molar refractivity (Wildman–Crippen MR) is 93.4 cm³/mol. The van der Waals surface area contributed by atoms with E-state index < -0.39 is 26.4 Å². The average Bonchev–Trinajstić information content (AvgIpc) is 2.54. The first-order valence-electron chi connectivity index (χ1n) is 6.48. The van der Waals surface area contributed by atoms with Crippen molar-refractivity contribution >= 4 is 26.4 Å². The zero-order valence-corrected chi connectivity index (χ0v) is 18.3. The van der Waals surface area contributed by atoms with E-state index in [0.717, 1.165) is 0 Å². The summed E-state index contributed by atoms with van der Waals surface area (Å²) >= 11 is 0. The molecule has 0 amide bonds. The summed E-state index contributed by atoms with van der Waals surface area (Å²) in [6, 6.07) is 0. The summed E-state index contributed by atoms with van der Waals surface area (Å²) in [5.74, 6) is 0. The summed E-state index contributed by atoms with van der Waals surface area (Å²) in [4.78, 5) is 0. The van der Waals surface area contributed by atoms with Crippen molar-refractivity contribution in [1.29, 1.82) is 0 Å². The minimum atomic E-state index is -2.17. The number of hydrogen-bond donors (Lipinski definition) is 1. The molecule has 0 bridgehead atoms. The fourth-order valence-corrected chi connectivity index (χ4v) is 1.23. The van der Waals surface area contributed by atoms with Crippen LogP contribution in [0, 0.1) is 0 Å². The fraction of sp³-hybridized carbons (Fsp3) is 1.00. The van der Waals surface area contributed by atoms with Crippen LogP contribution >= 0.6 is 0 Å². The van der Waals surface area contributed by atoms with Crippen molar-refractivity contribution in [1.82, 2.24) is 0 Å². The number of aliphatic hydroxyl groups excluding tert-OH is 1. The minimum Gasteiger partial charge on any atom is -0.418 e. The van der Waals surface area contributed by atoms with Gasteiger partial charge in [0, 0.05) is 50.6 Å². The Morgan fingerprint density at radius 2 is 1.14 bits per heavy atom. The molecule has 21 heavy (non-hydrogen) atoms. The first-order chi connectivity index (χ1) is 9.61. The van der Waals surface area contributed by atoms with Crippen LogP contribution in [0.1, 0.15) is 1.43 Å². The third-order valence-electron chi connectivity index (χ3n) is 2.71. The molecule has 0 fully saturated rings. The standard InChI is InChI=1S/C4H12O3Si.C4H12O2Si.C3H10O2Si.H2/c1-5-8(4,6-2)7-3;1-6-7(2,3)4-5;1-4-6(3)5-2;/h1-4H3;5H,4H2,1-3H3;6H,1-3H3;1H. The van der Waals surface area contributed by atoms with Crippen molar-refractivity contribution in [3.8, 4) is 0 Å². The van der Waals surface area contributed by atoms with Crippen LogP contribution in [0.4, 0.5) is 0 Å². The maximum absolute atomic E-state index is 8.53. The lowest BCUT2D eigenvalue weighted by molar-refractivity contribution is 0.132. The van der Waals surface area contributed by atoms with Crippen LogP contribution in [0.2, 0.25) is 26.2 Å². The Bertz CT molecular complexity index is 204. The molecule has 0 heterocycles. The highest BCUT2D eigenvalue weighted by Crippen LogP contribution is 2.02. The second-order valence-electron chi connectivity index (χ2n) is 4.64. The highest BCUT2D eigenvalue weighted by atomic mass is 28.4. The van der Waals surface area contributed by atoms with E-state index in [1.807, 2.05) is 26.2 Å². The second-order valence-corrected chi connectivity index (χ2v) is 13.9. The van der Waals surface area contributed by atoms with Gasteiger partial charge in [-0.1, -0.05) is 0 Å². The Kier molecular flexibility index (Phi) is 19.1. The van der Waals surface area contributed by atoms with Gasteiger partial charge < -0.3 is 31.7 Å². The number of hydrogen-bond acceptors (Lipinski definition) is 7. The van der Waals surface area contributed by atoms with Crippen molar-refractivity contribution in [3.05, 3.63) is 0 Å². The van der Waals surface area contributed by atoms with Crippen molar-refractivity contribution < 1.29 is 33.1 Å². The molecule has 0 aromatic rings. The van der Waals surface area contributed by atoms with Gasteiger partial charge in [-0.05, 0) is 19.6 Å².